The first-order valence-corrected chi connectivity index (χ1v) is 7.21. The topological polar surface area (TPSA) is 38.1 Å². The highest BCUT2D eigenvalue weighted by Gasteiger charge is 2.20. The number of benzene rings is 1. The quantitative estimate of drug-likeness (QED) is 0.926. The van der Waals surface area contributed by atoms with Crippen LogP contribution in [0.5, 0.6) is 0 Å². The van der Waals surface area contributed by atoms with Crippen molar-refractivity contribution in [2.45, 2.75) is 45.2 Å². The normalized spacial score (nSPS) is 18.0. The van der Waals surface area contributed by atoms with E-state index in [4.69, 9.17) is 4.42 Å². The Kier molecular flexibility index (Phi) is 3.83. The molecule has 1 N–H and O–H groups in total. The van der Waals surface area contributed by atoms with Crippen molar-refractivity contribution in [2.24, 2.45) is 0 Å². The number of hydrogen-bond acceptors (Lipinski definition) is 3. The number of hydrogen-bond donors (Lipinski definition) is 1. The summed E-state index contributed by atoms with van der Waals surface area (Å²) >= 11 is 0. The largest absolute Gasteiger partial charge is 0.444 e. The van der Waals surface area contributed by atoms with Crippen molar-refractivity contribution in [2.75, 3.05) is 0 Å². The second kappa shape index (κ2) is 5.75. The van der Waals surface area contributed by atoms with Gasteiger partial charge in [-0.25, -0.2) is 9.37 Å². The Labute approximate surface area is 118 Å². The zero-order valence-electron chi connectivity index (χ0n) is 11.7. The van der Waals surface area contributed by atoms with E-state index >= 15 is 0 Å². The molecule has 1 aliphatic rings. The Morgan fingerprint density at radius 2 is 2.35 bits per heavy atom. The van der Waals surface area contributed by atoms with Gasteiger partial charge in [0.25, 0.3) is 0 Å². The van der Waals surface area contributed by atoms with Gasteiger partial charge < -0.3 is 9.73 Å². The van der Waals surface area contributed by atoms with Crippen LogP contribution in [0.15, 0.2) is 28.8 Å². The van der Waals surface area contributed by atoms with Crippen molar-refractivity contribution in [3.05, 3.63) is 53.0 Å². The Morgan fingerprint density at radius 1 is 1.45 bits per heavy atom. The van der Waals surface area contributed by atoms with E-state index in [1.165, 1.54) is 5.56 Å². The van der Waals surface area contributed by atoms with Crippen molar-refractivity contribution in [1.29, 1.82) is 0 Å². The van der Waals surface area contributed by atoms with E-state index in [0.717, 1.165) is 42.9 Å². The molecule has 1 heterocycles. The van der Waals surface area contributed by atoms with Crippen molar-refractivity contribution in [3.63, 3.8) is 0 Å². The Morgan fingerprint density at radius 3 is 3.15 bits per heavy atom. The monoisotopic (exact) mass is 274 g/mol. The third-order valence-corrected chi connectivity index (χ3v) is 3.85. The molecular weight excluding hydrogens is 255 g/mol. The second-order valence-electron chi connectivity index (χ2n) is 5.24. The van der Waals surface area contributed by atoms with E-state index in [0.29, 0.717) is 6.54 Å². The van der Waals surface area contributed by atoms with Crippen molar-refractivity contribution in [3.8, 4) is 0 Å². The molecule has 0 fully saturated rings. The number of halogens is 1. The lowest BCUT2D eigenvalue weighted by molar-refractivity contribution is 0.401. The fraction of sp³-hybridized carbons (Fsp3) is 0.438. The summed E-state index contributed by atoms with van der Waals surface area (Å²) in [4.78, 5) is 4.19. The Hall–Kier alpha value is -1.68. The smallest absolute Gasteiger partial charge is 0.194 e. The third kappa shape index (κ3) is 2.75. The fourth-order valence-corrected chi connectivity index (χ4v) is 2.80. The molecule has 1 aromatic heterocycles. The standard InChI is InChI=1S/C16H19FN2O/c1-2-16-19-10-13(20-16)9-18-15-5-3-4-11-6-7-12(17)8-14(11)15/h6-8,10,15,18H,2-5,9H2,1H3. The van der Waals surface area contributed by atoms with Gasteiger partial charge in [-0.2, -0.15) is 0 Å². The molecule has 1 aromatic carbocycles. The average Bonchev–Trinajstić information content (AvgIpc) is 2.93. The first-order chi connectivity index (χ1) is 9.76. The predicted octanol–water partition coefficient (Wildman–Crippen LogP) is 3.54. The van der Waals surface area contributed by atoms with Crippen LogP contribution in [0.2, 0.25) is 0 Å². The summed E-state index contributed by atoms with van der Waals surface area (Å²) in [5, 5.41) is 3.46. The average molecular weight is 274 g/mol. The first-order valence-electron chi connectivity index (χ1n) is 7.21. The molecule has 0 saturated carbocycles. The SMILES string of the molecule is CCc1ncc(CNC2CCCc3ccc(F)cc32)o1. The summed E-state index contributed by atoms with van der Waals surface area (Å²) in [5.41, 5.74) is 2.34. The lowest BCUT2D eigenvalue weighted by Gasteiger charge is -2.26. The zero-order chi connectivity index (χ0) is 13.9. The van der Waals surface area contributed by atoms with Crippen LogP contribution in [0, 0.1) is 5.82 Å². The van der Waals surface area contributed by atoms with Crippen LogP contribution in [0.25, 0.3) is 0 Å². The summed E-state index contributed by atoms with van der Waals surface area (Å²) < 4.78 is 19.0. The minimum atomic E-state index is -0.162. The van der Waals surface area contributed by atoms with Gasteiger partial charge in [-0.1, -0.05) is 13.0 Å². The molecule has 0 saturated heterocycles. The number of nitrogens with zero attached hydrogens (tertiary/aromatic N) is 1. The van der Waals surface area contributed by atoms with Crippen LogP contribution in [-0.4, -0.2) is 4.98 Å². The highest BCUT2D eigenvalue weighted by molar-refractivity contribution is 5.32. The molecule has 4 heteroatoms. The number of aryl methyl sites for hydroxylation is 2. The summed E-state index contributed by atoms with van der Waals surface area (Å²) in [6, 6.07) is 5.31. The first kappa shape index (κ1) is 13.3. The van der Waals surface area contributed by atoms with Gasteiger partial charge >= 0.3 is 0 Å². The van der Waals surface area contributed by atoms with E-state index < -0.39 is 0 Å². The Balaban J connectivity index is 1.71. The van der Waals surface area contributed by atoms with Gasteiger partial charge in [-0.3, -0.25) is 0 Å². The maximum Gasteiger partial charge on any atom is 0.194 e. The van der Waals surface area contributed by atoms with Gasteiger partial charge in [0.1, 0.15) is 11.6 Å². The predicted molar refractivity (Wildman–Crippen MR) is 74.8 cm³/mol. The van der Waals surface area contributed by atoms with Crippen molar-refractivity contribution in [1.82, 2.24) is 10.3 Å². The molecule has 0 aliphatic heterocycles. The lowest BCUT2D eigenvalue weighted by atomic mass is 9.87. The number of fused-ring (bicyclic) bond motifs is 1. The minimum absolute atomic E-state index is 0.162. The van der Waals surface area contributed by atoms with E-state index in [1.807, 2.05) is 13.0 Å². The maximum absolute atomic E-state index is 13.4. The van der Waals surface area contributed by atoms with E-state index in [1.54, 1.807) is 18.3 Å². The van der Waals surface area contributed by atoms with Crippen LogP contribution in [0.4, 0.5) is 4.39 Å². The highest BCUT2D eigenvalue weighted by Crippen LogP contribution is 2.30. The molecule has 106 valence electrons. The van der Waals surface area contributed by atoms with Crippen molar-refractivity contribution < 1.29 is 8.81 Å². The molecule has 20 heavy (non-hydrogen) atoms. The molecule has 0 amide bonds. The zero-order valence-corrected chi connectivity index (χ0v) is 11.7. The minimum Gasteiger partial charge on any atom is -0.444 e. The fourth-order valence-electron chi connectivity index (χ4n) is 2.80. The second-order valence-corrected chi connectivity index (χ2v) is 5.24. The molecule has 0 spiro atoms. The molecule has 0 bridgehead atoms. The molecule has 1 atom stereocenters. The number of nitrogens with one attached hydrogen (secondary N) is 1. The number of oxazole rings is 1. The van der Waals surface area contributed by atoms with Crippen LogP contribution >= 0.6 is 0 Å². The number of aromatic nitrogens is 1. The molecule has 0 radical (unpaired) electrons. The van der Waals surface area contributed by atoms with Crippen molar-refractivity contribution >= 4 is 0 Å². The molecule has 1 aliphatic carbocycles. The molecule has 3 rings (SSSR count). The Bertz CT molecular complexity index is 594. The van der Waals surface area contributed by atoms with Gasteiger partial charge in [-0.15, -0.1) is 0 Å². The maximum atomic E-state index is 13.4. The van der Waals surface area contributed by atoms with Gasteiger partial charge in [0.05, 0.1) is 12.7 Å². The van der Waals surface area contributed by atoms with E-state index in [-0.39, 0.29) is 11.9 Å². The molecule has 2 aromatic rings. The van der Waals surface area contributed by atoms with Crippen LogP contribution in [0.3, 0.4) is 0 Å². The number of rotatable bonds is 4. The summed E-state index contributed by atoms with van der Waals surface area (Å²) in [6.45, 7) is 2.65. The van der Waals surface area contributed by atoms with Crippen LogP contribution < -0.4 is 5.32 Å². The van der Waals surface area contributed by atoms with Gasteiger partial charge in [0.15, 0.2) is 5.89 Å². The molecule has 1 unspecified atom stereocenters. The van der Waals surface area contributed by atoms with Crippen LogP contribution in [0.1, 0.15) is 48.6 Å². The van der Waals surface area contributed by atoms with Crippen LogP contribution in [-0.2, 0) is 19.4 Å². The van der Waals surface area contributed by atoms with Gasteiger partial charge in [-0.05, 0) is 42.5 Å². The summed E-state index contributed by atoms with van der Waals surface area (Å²) in [5.74, 6) is 1.44. The molecule has 3 nitrogen and oxygen atoms in total. The lowest BCUT2D eigenvalue weighted by Crippen LogP contribution is -2.24. The summed E-state index contributed by atoms with van der Waals surface area (Å²) in [6.07, 6.45) is 5.77. The third-order valence-electron chi connectivity index (χ3n) is 3.85. The van der Waals surface area contributed by atoms with Gasteiger partial charge in [0, 0.05) is 12.5 Å². The summed E-state index contributed by atoms with van der Waals surface area (Å²) in [7, 11) is 0. The van der Waals surface area contributed by atoms with E-state index in [2.05, 4.69) is 10.3 Å². The van der Waals surface area contributed by atoms with E-state index in [9.17, 15) is 4.39 Å². The highest BCUT2D eigenvalue weighted by atomic mass is 19.1. The van der Waals surface area contributed by atoms with Gasteiger partial charge in [0.2, 0.25) is 0 Å². The molecular formula is C16H19FN2O.